The van der Waals surface area contributed by atoms with Gasteiger partial charge in [-0.3, -0.25) is 0 Å². The van der Waals surface area contributed by atoms with Crippen LogP contribution >= 0.6 is 11.6 Å². The minimum absolute atomic E-state index is 0.0508. The van der Waals surface area contributed by atoms with Crippen molar-refractivity contribution in [3.63, 3.8) is 0 Å². The van der Waals surface area contributed by atoms with E-state index in [9.17, 15) is 8.42 Å². The first-order chi connectivity index (χ1) is 11.0. The number of nitrogens with zero attached hydrogens (tertiary/aromatic N) is 3. The van der Waals surface area contributed by atoms with Crippen LogP contribution in [0.3, 0.4) is 0 Å². The second-order valence-electron chi connectivity index (χ2n) is 5.35. The van der Waals surface area contributed by atoms with Gasteiger partial charge < -0.3 is 0 Å². The van der Waals surface area contributed by atoms with Gasteiger partial charge in [0.1, 0.15) is 5.82 Å². The average molecular weight is 350 g/mol. The molecule has 1 fully saturated rings. The predicted octanol–water partition coefficient (Wildman–Crippen LogP) is 2.92. The fraction of sp³-hybridized carbons (Fsp3) is 0.250. The van der Waals surface area contributed by atoms with Gasteiger partial charge in [0.2, 0.25) is 10.0 Å². The highest BCUT2D eigenvalue weighted by Gasteiger charge is 2.31. The first-order valence-corrected chi connectivity index (χ1v) is 9.13. The molecule has 2 heterocycles. The van der Waals surface area contributed by atoms with Crippen LogP contribution in [0.4, 0.5) is 0 Å². The highest BCUT2D eigenvalue weighted by molar-refractivity contribution is 7.92. The molecule has 1 aromatic heterocycles. The molecule has 0 radical (unpaired) electrons. The van der Waals surface area contributed by atoms with Gasteiger partial charge in [0.25, 0.3) is 0 Å². The van der Waals surface area contributed by atoms with E-state index < -0.39 is 10.0 Å². The zero-order chi connectivity index (χ0) is 16.3. The maximum Gasteiger partial charge on any atom is 0.236 e. The van der Waals surface area contributed by atoms with Gasteiger partial charge in [0.15, 0.2) is 0 Å². The lowest BCUT2D eigenvalue weighted by atomic mass is 10.1. The van der Waals surface area contributed by atoms with E-state index in [1.807, 2.05) is 0 Å². The lowest BCUT2D eigenvalue weighted by Gasteiger charge is -2.13. The summed E-state index contributed by atoms with van der Waals surface area (Å²) in [7, 11) is -3.44. The van der Waals surface area contributed by atoms with E-state index in [-0.39, 0.29) is 5.92 Å². The third-order valence-corrected chi connectivity index (χ3v) is 5.55. The van der Waals surface area contributed by atoms with Crippen LogP contribution in [0.1, 0.15) is 23.7 Å². The summed E-state index contributed by atoms with van der Waals surface area (Å²) in [4.78, 5) is 8.43. The summed E-state index contributed by atoms with van der Waals surface area (Å²) in [6.07, 6.45) is 5.68. The quantitative estimate of drug-likeness (QED) is 0.851. The van der Waals surface area contributed by atoms with Crippen molar-refractivity contribution in [2.75, 3.05) is 13.1 Å². The Balaban J connectivity index is 1.70. The van der Waals surface area contributed by atoms with Crippen LogP contribution in [0.25, 0.3) is 6.08 Å². The summed E-state index contributed by atoms with van der Waals surface area (Å²) in [5.74, 6) is 0.752. The normalized spacial score (nSPS) is 19.4. The largest absolute Gasteiger partial charge is 0.241 e. The van der Waals surface area contributed by atoms with Crippen molar-refractivity contribution in [3.8, 4) is 0 Å². The fourth-order valence-corrected chi connectivity index (χ4v) is 3.89. The molecule has 3 rings (SSSR count). The molecule has 7 heteroatoms. The first-order valence-electron chi connectivity index (χ1n) is 7.25. The molecule has 23 heavy (non-hydrogen) atoms. The van der Waals surface area contributed by atoms with Crippen LogP contribution in [0.5, 0.6) is 0 Å². The molecule has 1 aromatic carbocycles. The van der Waals surface area contributed by atoms with Crippen molar-refractivity contribution in [1.29, 1.82) is 0 Å². The zero-order valence-electron chi connectivity index (χ0n) is 12.3. The van der Waals surface area contributed by atoms with E-state index in [0.29, 0.717) is 23.9 Å². The van der Waals surface area contributed by atoms with Gasteiger partial charge in [-0.1, -0.05) is 23.7 Å². The number of benzene rings is 1. The Morgan fingerprint density at radius 1 is 1.17 bits per heavy atom. The molecular formula is C16H16ClN3O2S. The van der Waals surface area contributed by atoms with Crippen molar-refractivity contribution in [1.82, 2.24) is 14.3 Å². The molecule has 1 aliphatic heterocycles. The molecule has 0 amide bonds. The van der Waals surface area contributed by atoms with Crippen LogP contribution in [0.15, 0.2) is 48.1 Å². The molecule has 1 unspecified atom stereocenters. The summed E-state index contributed by atoms with van der Waals surface area (Å²) in [5.41, 5.74) is 0.792. The fourth-order valence-electron chi connectivity index (χ4n) is 2.52. The van der Waals surface area contributed by atoms with Gasteiger partial charge in [0, 0.05) is 41.8 Å². The number of sulfonamides is 1. The lowest BCUT2D eigenvalue weighted by molar-refractivity contribution is 0.479. The predicted molar refractivity (Wildman–Crippen MR) is 90.4 cm³/mol. The molecule has 0 saturated carbocycles. The molecule has 0 bridgehead atoms. The highest BCUT2D eigenvalue weighted by Crippen LogP contribution is 2.27. The zero-order valence-corrected chi connectivity index (χ0v) is 13.9. The van der Waals surface area contributed by atoms with Gasteiger partial charge >= 0.3 is 0 Å². The average Bonchev–Trinajstić information content (AvgIpc) is 3.06. The summed E-state index contributed by atoms with van der Waals surface area (Å²) >= 11 is 5.82. The van der Waals surface area contributed by atoms with Gasteiger partial charge in [-0.05, 0) is 36.3 Å². The van der Waals surface area contributed by atoms with Crippen LogP contribution in [0.2, 0.25) is 5.02 Å². The van der Waals surface area contributed by atoms with E-state index >= 15 is 0 Å². The third-order valence-electron chi connectivity index (χ3n) is 3.76. The van der Waals surface area contributed by atoms with E-state index in [2.05, 4.69) is 9.97 Å². The molecule has 1 saturated heterocycles. The maximum atomic E-state index is 12.4. The van der Waals surface area contributed by atoms with E-state index in [4.69, 9.17) is 11.6 Å². The van der Waals surface area contributed by atoms with Crippen LogP contribution in [-0.2, 0) is 10.0 Å². The Hall–Kier alpha value is -1.76. The number of halogens is 1. The summed E-state index contributed by atoms with van der Waals surface area (Å²) < 4.78 is 26.3. The third kappa shape index (κ3) is 3.96. The van der Waals surface area contributed by atoms with E-state index in [1.54, 1.807) is 48.8 Å². The molecular weight excluding hydrogens is 334 g/mol. The Kier molecular flexibility index (Phi) is 4.75. The summed E-state index contributed by atoms with van der Waals surface area (Å²) in [6, 6.07) is 8.76. The van der Waals surface area contributed by atoms with Crippen LogP contribution in [0, 0.1) is 0 Å². The molecule has 1 atom stereocenters. The van der Waals surface area contributed by atoms with Crippen LogP contribution in [-0.4, -0.2) is 35.8 Å². The maximum absolute atomic E-state index is 12.4. The van der Waals surface area contributed by atoms with Gasteiger partial charge in [-0.15, -0.1) is 0 Å². The summed E-state index contributed by atoms with van der Waals surface area (Å²) in [6.45, 7) is 0.896. The molecule has 0 aliphatic carbocycles. The topological polar surface area (TPSA) is 63.2 Å². The Bertz CT molecular complexity index is 792. The second-order valence-corrected chi connectivity index (χ2v) is 7.60. The van der Waals surface area contributed by atoms with Crippen molar-refractivity contribution in [2.24, 2.45) is 0 Å². The number of hydrogen-bond donors (Lipinski definition) is 0. The smallest absolute Gasteiger partial charge is 0.236 e. The standard InChI is InChI=1S/C16H16ClN3O2S/c17-15-4-2-13(3-5-15)7-11-23(21,22)20-10-6-14(12-20)16-18-8-1-9-19-16/h1-5,7-9,11,14H,6,10,12H2. The highest BCUT2D eigenvalue weighted by atomic mass is 35.5. The molecule has 0 N–H and O–H groups in total. The molecule has 120 valence electrons. The summed E-state index contributed by atoms with van der Waals surface area (Å²) in [5, 5.41) is 1.86. The molecule has 2 aromatic rings. The lowest BCUT2D eigenvalue weighted by Crippen LogP contribution is -2.26. The van der Waals surface area contributed by atoms with E-state index in [0.717, 1.165) is 12.0 Å². The number of aromatic nitrogens is 2. The first kappa shape index (κ1) is 16.1. The minimum Gasteiger partial charge on any atom is -0.241 e. The molecule has 5 nitrogen and oxygen atoms in total. The second kappa shape index (κ2) is 6.78. The molecule has 0 spiro atoms. The van der Waals surface area contributed by atoms with Crippen molar-refractivity contribution in [3.05, 3.63) is 64.5 Å². The Morgan fingerprint density at radius 3 is 2.57 bits per heavy atom. The van der Waals surface area contributed by atoms with Crippen molar-refractivity contribution >= 4 is 27.7 Å². The monoisotopic (exact) mass is 349 g/mol. The van der Waals surface area contributed by atoms with Gasteiger partial charge in [-0.25, -0.2) is 18.4 Å². The number of rotatable bonds is 4. The Labute approximate surface area is 140 Å². The SMILES string of the molecule is O=S(=O)(C=Cc1ccc(Cl)cc1)N1CCC(c2ncccn2)C1. The molecule has 1 aliphatic rings. The van der Waals surface area contributed by atoms with Crippen molar-refractivity contribution < 1.29 is 8.42 Å². The van der Waals surface area contributed by atoms with Gasteiger partial charge in [0.05, 0.1) is 0 Å². The van der Waals surface area contributed by atoms with E-state index in [1.165, 1.54) is 9.71 Å². The Morgan fingerprint density at radius 2 is 1.87 bits per heavy atom. The number of hydrogen-bond acceptors (Lipinski definition) is 4. The van der Waals surface area contributed by atoms with Crippen LogP contribution < -0.4 is 0 Å². The minimum atomic E-state index is -3.44. The van der Waals surface area contributed by atoms with Gasteiger partial charge in [-0.2, -0.15) is 4.31 Å². The van der Waals surface area contributed by atoms with Crippen molar-refractivity contribution in [2.45, 2.75) is 12.3 Å².